The van der Waals surface area contributed by atoms with Gasteiger partial charge in [0.25, 0.3) is 0 Å². The number of hydrogen-bond acceptors (Lipinski definition) is 6. The van der Waals surface area contributed by atoms with Gasteiger partial charge in [0.1, 0.15) is 23.6 Å². The zero-order valence-electron chi connectivity index (χ0n) is 15.9. The Balaban J connectivity index is 1.89. The SMILES string of the molecule is CC(=O)N/C(=C\c1ccccc1)C(=O)OCc1cc(=O)oc2c(C)c(O)ccc12. The molecular weight excluding hydrogens is 374 g/mol. The highest BCUT2D eigenvalue weighted by molar-refractivity contribution is 5.97. The topological polar surface area (TPSA) is 106 Å². The van der Waals surface area contributed by atoms with Crippen LogP contribution in [-0.2, 0) is 20.9 Å². The number of carbonyl (C=O) groups is 2. The van der Waals surface area contributed by atoms with Crippen LogP contribution in [0.3, 0.4) is 0 Å². The van der Waals surface area contributed by atoms with Crippen LogP contribution in [0.4, 0.5) is 0 Å². The van der Waals surface area contributed by atoms with Crippen LogP contribution in [0.25, 0.3) is 17.0 Å². The second kappa shape index (κ2) is 8.43. The summed E-state index contributed by atoms with van der Waals surface area (Å²) >= 11 is 0. The van der Waals surface area contributed by atoms with Gasteiger partial charge in [-0.2, -0.15) is 0 Å². The van der Waals surface area contributed by atoms with E-state index in [4.69, 9.17) is 9.15 Å². The van der Waals surface area contributed by atoms with Gasteiger partial charge in [0.2, 0.25) is 5.91 Å². The molecule has 0 aliphatic rings. The molecule has 3 aromatic rings. The predicted molar refractivity (Wildman–Crippen MR) is 107 cm³/mol. The van der Waals surface area contributed by atoms with E-state index in [-0.39, 0.29) is 23.6 Å². The van der Waals surface area contributed by atoms with Crippen molar-refractivity contribution in [2.75, 3.05) is 0 Å². The van der Waals surface area contributed by atoms with Crippen LogP contribution in [-0.4, -0.2) is 17.0 Å². The molecule has 0 radical (unpaired) electrons. The van der Waals surface area contributed by atoms with Gasteiger partial charge in [0.05, 0.1) is 0 Å². The van der Waals surface area contributed by atoms with Crippen LogP contribution in [0, 0.1) is 6.92 Å². The molecule has 29 heavy (non-hydrogen) atoms. The molecule has 0 fully saturated rings. The van der Waals surface area contributed by atoms with Crippen molar-refractivity contribution >= 4 is 28.9 Å². The third kappa shape index (κ3) is 4.70. The van der Waals surface area contributed by atoms with E-state index in [2.05, 4.69) is 5.32 Å². The summed E-state index contributed by atoms with van der Waals surface area (Å²) in [6.07, 6.45) is 1.50. The van der Waals surface area contributed by atoms with Gasteiger partial charge in [-0.3, -0.25) is 4.79 Å². The summed E-state index contributed by atoms with van der Waals surface area (Å²) in [6.45, 7) is 2.70. The molecule has 1 aromatic heterocycles. The maximum Gasteiger partial charge on any atom is 0.355 e. The Morgan fingerprint density at radius 1 is 1.17 bits per heavy atom. The lowest BCUT2D eigenvalue weighted by molar-refractivity contribution is -0.141. The second-order valence-corrected chi connectivity index (χ2v) is 6.40. The summed E-state index contributed by atoms with van der Waals surface area (Å²) in [5.41, 5.74) is 1.13. The van der Waals surface area contributed by atoms with Crippen LogP contribution in [0.15, 0.2) is 63.4 Å². The van der Waals surface area contributed by atoms with Crippen molar-refractivity contribution in [1.29, 1.82) is 0 Å². The molecule has 0 aliphatic carbocycles. The molecule has 7 nitrogen and oxygen atoms in total. The Labute approximate surface area is 166 Å². The highest BCUT2D eigenvalue weighted by atomic mass is 16.5. The normalized spacial score (nSPS) is 11.3. The second-order valence-electron chi connectivity index (χ2n) is 6.40. The minimum Gasteiger partial charge on any atom is -0.508 e. The summed E-state index contributed by atoms with van der Waals surface area (Å²) in [5.74, 6) is -1.17. The number of benzene rings is 2. The first-order chi connectivity index (χ1) is 13.8. The number of aromatic hydroxyl groups is 1. The fraction of sp³-hybridized carbons (Fsp3) is 0.136. The molecule has 148 valence electrons. The minimum atomic E-state index is -0.749. The summed E-state index contributed by atoms with van der Waals surface area (Å²) < 4.78 is 10.5. The molecule has 1 heterocycles. The van der Waals surface area contributed by atoms with Gasteiger partial charge < -0.3 is 19.6 Å². The molecule has 1 amide bonds. The van der Waals surface area contributed by atoms with Gasteiger partial charge in [-0.05, 0) is 30.7 Å². The molecule has 0 aliphatic heterocycles. The van der Waals surface area contributed by atoms with Gasteiger partial charge in [-0.15, -0.1) is 0 Å². The van der Waals surface area contributed by atoms with Crippen molar-refractivity contribution < 1.29 is 23.8 Å². The first kappa shape index (κ1) is 19.9. The van der Waals surface area contributed by atoms with E-state index in [0.29, 0.717) is 22.1 Å². The number of rotatable bonds is 5. The maximum atomic E-state index is 12.6. The van der Waals surface area contributed by atoms with E-state index in [1.165, 1.54) is 25.1 Å². The van der Waals surface area contributed by atoms with E-state index in [0.717, 1.165) is 0 Å². The lowest BCUT2D eigenvalue weighted by Crippen LogP contribution is -2.26. The predicted octanol–water partition coefficient (Wildman–Crippen LogP) is 3.03. The summed E-state index contributed by atoms with van der Waals surface area (Å²) in [5, 5.41) is 12.8. The van der Waals surface area contributed by atoms with Gasteiger partial charge in [0.15, 0.2) is 0 Å². The van der Waals surface area contributed by atoms with Crippen molar-refractivity contribution in [1.82, 2.24) is 5.32 Å². The molecule has 0 saturated heterocycles. The van der Waals surface area contributed by atoms with Crippen molar-refractivity contribution in [2.45, 2.75) is 20.5 Å². The minimum absolute atomic E-state index is 0.00599. The molecule has 7 heteroatoms. The third-order valence-electron chi connectivity index (χ3n) is 4.22. The van der Waals surface area contributed by atoms with Gasteiger partial charge in [-0.25, -0.2) is 9.59 Å². The number of phenolic OH excluding ortho intramolecular Hbond substituents is 1. The van der Waals surface area contributed by atoms with E-state index >= 15 is 0 Å². The van der Waals surface area contributed by atoms with E-state index in [1.54, 1.807) is 37.3 Å². The number of aryl methyl sites for hydroxylation is 1. The molecule has 0 spiro atoms. The van der Waals surface area contributed by atoms with Crippen LogP contribution >= 0.6 is 0 Å². The molecule has 0 bridgehead atoms. The monoisotopic (exact) mass is 393 g/mol. The Bertz CT molecular complexity index is 1160. The average Bonchev–Trinajstić information content (AvgIpc) is 2.69. The number of nitrogens with one attached hydrogen (secondary N) is 1. The zero-order chi connectivity index (χ0) is 21.0. The van der Waals surface area contributed by atoms with Crippen LogP contribution in [0.1, 0.15) is 23.6 Å². The third-order valence-corrected chi connectivity index (χ3v) is 4.22. The van der Waals surface area contributed by atoms with Crippen LogP contribution in [0.2, 0.25) is 0 Å². The number of ether oxygens (including phenoxy) is 1. The lowest BCUT2D eigenvalue weighted by Gasteiger charge is -2.11. The number of esters is 1. The number of fused-ring (bicyclic) bond motifs is 1. The molecule has 3 rings (SSSR count). The van der Waals surface area contributed by atoms with Crippen molar-refractivity contribution in [3.05, 3.63) is 81.3 Å². The molecule has 0 unspecified atom stereocenters. The van der Waals surface area contributed by atoms with Crippen LogP contribution < -0.4 is 10.9 Å². The van der Waals surface area contributed by atoms with Crippen molar-refractivity contribution in [2.24, 2.45) is 0 Å². The fourth-order valence-electron chi connectivity index (χ4n) is 2.81. The summed E-state index contributed by atoms with van der Waals surface area (Å²) in [7, 11) is 0. The van der Waals surface area contributed by atoms with Crippen molar-refractivity contribution in [3.63, 3.8) is 0 Å². The quantitative estimate of drug-likeness (QED) is 0.392. The number of hydrogen-bond donors (Lipinski definition) is 2. The Hall–Kier alpha value is -3.87. The standard InChI is InChI=1S/C22H19NO6/c1-13-19(25)9-8-17-16(11-20(26)29-21(13)17)12-28-22(27)18(23-14(2)24)10-15-6-4-3-5-7-15/h3-11,25H,12H2,1-2H3,(H,23,24)/b18-10-. The lowest BCUT2D eigenvalue weighted by atomic mass is 10.1. The van der Waals surface area contributed by atoms with Crippen LogP contribution in [0.5, 0.6) is 5.75 Å². The summed E-state index contributed by atoms with van der Waals surface area (Å²) in [6, 6.07) is 13.3. The highest BCUT2D eigenvalue weighted by Gasteiger charge is 2.16. The van der Waals surface area contributed by atoms with E-state index in [1.807, 2.05) is 6.07 Å². The Morgan fingerprint density at radius 2 is 1.90 bits per heavy atom. The van der Waals surface area contributed by atoms with E-state index in [9.17, 15) is 19.5 Å². The van der Waals surface area contributed by atoms with E-state index < -0.39 is 17.5 Å². The highest BCUT2D eigenvalue weighted by Crippen LogP contribution is 2.27. The molecule has 2 N–H and O–H groups in total. The smallest absolute Gasteiger partial charge is 0.355 e. The zero-order valence-corrected chi connectivity index (χ0v) is 15.9. The number of carbonyl (C=O) groups excluding carboxylic acids is 2. The fourth-order valence-corrected chi connectivity index (χ4v) is 2.81. The number of amides is 1. The van der Waals surface area contributed by atoms with Crippen molar-refractivity contribution in [3.8, 4) is 5.75 Å². The number of phenols is 1. The van der Waals surface area contributed by atoms with Gasteiger partial charge >= 0.3 is 11.6 Å². The van der Waals surface area contributed by atoms with Gasteiger partial charge in [-0.1, -0.05) is 30.3 Å². The van der Waals surface area contributed by atoms with Gasteiger partial charge in [0, 0.05) is 29.5 Å². The Morgan fingerprint density at radius 3 is 2.59 bits per heavy atom. The summed E-state index contributed by atoms with van der Waals surface area (Å²) in [4.78, 5) is 35.9. The molecule has 0 saturated carbocycles. The Kier molecular flexibility index (Phi) is 5.78. The maximum absolute atomic E-state index is 12.6. The molecular formula is C22H19NO6. The molecule has 0 atom stereocenters. The largest absolute Gasteiger partial charge is 0.508 e. The average molecular weight is 393 g/mol. The first-order valence-corrected chi connectivity index (χ1v) is 8.82. The molecule has 2 aromatic carbocycles. The first-order valence-electron chi connectivity index (χ1n) is 8.82.